The Hall–Kier alpha value is -2.94. The van der Waals surface area contributed by atoms with Crippen LogP contribution in [-0.2, 0) is 16.4 Å². The highest BCUT2D eigenvalue weighted by Crippen LogP contribution is 2.33. The quantitative estimate of drug-likeness (QED) is 0.362. The van der Waals surface area contributed by atoms with E-state index in [0.717, 1.165) is 11.1 Å². The van der Waals surface area contributed by atoms with Crippen LogP contribution in [0.3, 0.4) is 0 Å². The summed E-state index contributed by atoms with van der Waals surface area (Å²) in [6, 6.07) is 18.3. The summed E-state index contributed by atoms with van der Waals surface area (Å²) in [6.45, 7) is 2.57. The predicted molar refractivity (Wildman–Crippen MR) is 119 cm³/mol. The smallest absolute Gasteiger partial charge is 0.313 e. The van der Waals surface area contributed by atoms with Crippen molar-refractivity contribution in [2.45, 2.75) is 24.4 Å². The summed E-state index contributed by atoms with van der Waals surface area (Å²) in [5, 5.41) is 14.8. The van der Waals surface area contributed by atoms with Gasteiger partial charge in [-0.1, -0.05) is 35.9 Å². The Bertz CT molecular complexity index is 1180. The number of ether oxygens (including phenoxy) is 1. The van der Waals surface area contributed by atoms with Gasteiger partial charge in [-0.05, 0) is 54.4 Å². The number of benzene rings is 3. The van der Waals surface area contributed by atoms with Crippen LogP contribution >= 0.6 is 11.6 Å². The number of hydrogen-bond acceptors (Lipinski definition) is 6. The molecule has 3 aromatic rings. The highest BCUT2D eigenvalue weighted by molar-refractivity contribution is 7.90. The molecule has 0 aliphatic heterocycles. The van der Waals surface area contributed by atoms with Crippen molar-refractivity contribution in [3.8, 4) is 11.5 Å². The molecule has 0 aromatic heterocycles. The van der Waals surface area contributed by atoms with Gasteiger partial charge in [0.05, 0.1) is 9.82 Å². The fraction of sp³-hybridized carbons (Fsp3) is 0.182. The van der Waals surface area contributed by atoms with E-state index >= 15 is 0 Å². The first-order chi connectivity index (χ1) is 14.6. The van der Waals surface area contributed by atoms with Gasteiger partial charge in [-0.15, -0.1) is 0 Å². The largest absolute Gasteiger partial charge is 0.450 e. The summed E-state index contributed by atoms with van der Waals surface area (Å²) in [7, 11) is -3.21. The highest BCUT2D eigenvalue weighted by atomic mass is 35.5. The molecule has 0 radical (unpaired) electrons. The molecule has 7 nitrogen and oxygen atoms in total. The number of nitrogens with one attached hydrogen (secondary N) is 1. The number of nitro benzene ring substituents is 1. The molecule has 0 saturated heterocycles. The average Bonchev–Trinajstić information content (AvgIpc) is 2.73. The molecule has 1 unspecified atom stereocenters. The monoisotopic (exact) mass is 460 g/mol. The number of halogens is 1. The summed E-state index contributed by atoms with van der Waals surface area (Å²) in [5.41, 5.74) is 1.77. The Morgan fingerprint density at radius 1 is 1.06 bits per heavy atom. The number of sulfone groups is 1. The minimum absolute atomic E-state index is 0.0150. The third-order valence-electron chi connectivity index (χ3n) is 4.69. The molecule has 0 bridgehead atoms. The van der Waals surface area contributed by atoms with E-state index in [4.69, 9.17) is 16.3 Å². The lowest BCUT2D eigenvalue weighted by Gasteiger charge is -2.15. The molecule has 0 aliphatic rings. The van der Waals surface area contributed by atoms with E-state index < -0.39 is 14.8 Å². The van der Waals surface area contributed by atoms with Gasteiger partial charge >= 0.3 is 5.69 Å². The van der Waals surface area contributed by atoms with Crippen molar-refractivity contribution in [1.82, 2.24) is 5.32 Å². The minimum Gasteiger partial charge on any atom is -0.450 e. The first-order valence-corrected chi connectivity index (χ1v) is 11.6. The van der Waals surface area contributed by atoms with Crippen LogP contribution in [0.4, 0.5) is 5.69 Å². The number of nitro groups is 1. The zero-order valence-corrected chi connectivity index (χ0v) is 18.5. The van der Waals surface area contributed by atoms with Crippen molar-refractivity contribution in [2.75, 3.05) is 6.26 Å². The van der Waals surface area contributed by atoms with Crippen molar-refractivity contribution in [2.24, 2.45) is 0 Å². The van der Waals surface area contributed by atoms with Gasteiger partial charge in [-0.25, -0.2) is 8.42 Å². The normalized spacial score (nSPS) is 12.4. The molecular formula is C22H21ClN2O5S. The van der Waals surface area contributed by atoms with Crippen LogP contribution in [0.2, 0.25) is 5.02 Å². The van der Waals surface area contributed by atoms with Crippen LogP contribution < -0.4 is 10.1 Å². The Morgan fingerprint density at radius 2 is 1.71 bits per heavy atom. The molecule has 1 atom stereocenters. The molecule has 9 heteroatoms. The summed E-state index contributed by atoms with van der Waals surface area (Å²) in [4.78, 5) is 10.9. The van der Waals surface area contributed by atoms with Gasteiger partial charge in [-0.2, -0.15) is 0 Å². The second-order valence-electron chi connectivity index (χ2n) is 7.06. The van der Waals surface area contributed by atoms with Gasteiger partial charge in [-0.3, -0.25) is 10.1 Å². The maximum absolute atomic E-state index is 11.6. The van der Waals surface area contributed by atoms with E-state index in [9.17, 15) is 18.5 Å². The molecule has 0 aliphatic carbocycles. The molecule has 1 N–H and O–H groups in total. The van der Waals surface area contributed by atoms with E-state index in [1.54, 1.807) is 36.4 Å². The maximum atomic E-state index is 11.6. The standard InChI is InChI=1S/C22H21ClN2O5S/c1-15(17-5-10-20(11-6-17)31(2,28)29)24-14-16-3-8-19(9-4-16)30-22-12-7-18(23)13-21(22)25(26)27/h3-13,15,24H,14H2,1-2H3. The summed E-state index contributed by atoms with van der Waals surface area (Å²) < 4.78 is 28.8. The Kier molecular flexibility index (Phi) is 6.94. The summed E-state index contributed by atoms with van der Waals surface area (Å²) in [5.74, 6) is 0.588. The van der Waals surface area contributed by atoms with Crippen LogP contribution in [0.5, 0.6) is 11.5 Å². The summed E-state index contributed by atoms with van der Waals surface area (Å²) >= 11 is 5.82. The van der Waals surface area contributed by atoms with Crippen LogP contribution in [0, 0.1) is 10.1 Å². The fourth-order valence-electron chi connectivity index (χ4n) is 2.91. The van der Waals surface area contributed by atoms with Crippen molar-refractivity contribution >= 4 is 27.1 Å². The average molecular weight is 461 g/mol. The molecule has 0 heterocycles. The van der Waals surface area contributed by atoms with Gasteiger partial charge in [0.2, 0.25) is 5.75 Å². The third-order valence-corrected chi connectivity index (χ3v) is 6.05. The number of hydrogen-bond donors (Lipinski definition) is 1. The van der Waals surface area contributed by atoms with E-state index in [-0.39, 0.29) is 22.5 Å². The van der Waals surface area contributed by atoms with Crippen LogP contribution in [-0.4, -0.2) is 19.6 Å². The van der Waals surface area contributed by atoms with Gasteiger partial charge in [0.25, 0.3) is 0 Å². The lowest BCUT2D eigenvalue weighted by molar-refractivity contribution is -0.385. The minimum atomic E-state index is -3.21. The van der Waals surface area contributed by atoms with Crippen molar-refractivity contribution in [1.29, 1.82) is 0 Å². The van der Waals surface area contributed by atoms with E-state index in [1.165, 1.54) is 24.5 Å². The second-order valence-corrected chi connectivity index (χ2v) is 9.51. The topological polar surface area (TPSA) is 98.5 Å². The highest BCUT2D eigenvalue weighted by Gasteiger charge is 2.16. The molecule has 0 fully saturated rings. The zero-order chi connectivity index (χ0) is 22.6. The Labute approximate surface area is 185 Å². The molecule has 3 aromatic carbocycles. The molecule has 3 rings (SSSR count). The van der Waals surface area contributed by atoms with Gasteiger partial charge in [0, 0.05) is 29.9 Å². The molecule has 31 heavy (non-hydrogen) atoms. The van der Waals surface area contributed by atoms with Crippen LogP contribution in [0.25, 0.3) is 0 Å². The molecular weight excluding hydrogens is 440 g/mol. The molecule has 0 spiro atoms. The number of rotatable bonds is 8. The second kappa shape index (κ2) is 9.47. The van der Waals surface area contributed by atoms with Crippen molar-refractivity contribution < 1.29 is 18.1 Å². The van der Waals surface area contributed by atoms with E-state index in [1.807, 2.05) is 19.1 Å². The lowest BCUT2D eigenvalue weighted by Crippen LogP contribution is -2.18. The van der Waals surface area contributed by atoms with Gasteiger partial charge in [0.1, 0.15) is 5.75 Å². The molecule has 0 saturated carbocycles. The SMILES string of the molecule is CC(NCc1ccc(Oc2ccc(Cl)cc2[N+](=O)[O-])cc1)c1ccc(S(C)(=O)=O)cc1. The zero-order valence-electron chi connectivity index (χ0n) is 16.9. The lowest BCUT2D eigenvalue weighted by atomic mass is 10.1. The van der Waals surface area contributed by atoms with E-state index in [0.29, 0.717) is 17.2 Å². The van der Waals surface area contributed by atoms with Crippen LogP contribution in [0.1, 0.15) is 24.1 Å². The Balaban J connectivity index is 1.62. The summed E-state index contributed by atoms with van der Waals surface area (Å²) in [6.07, 6.45) is 1.18. The predicted octanol–water partition coefficient (Wildman–Crippen LogP) is 5.29. The fourth-order valence-corrected chi connectivity index (χ4v) is 3.71. The van der Waals surface area contributed by atoms with Crippen molar-refractivity contribution in [3.63, 3.8) is 0 Å². The van der Waals surface area contributed by atoms with Crippen molar-refractivity contribution in [3.05, 3.63) is 93.0 Å². The first-order valence-electron chi connectivity index (χ1n) is 9.37. The number of nitrogens with zero attached hydrogens (tertiary/aromatic N) is 1. The molecule has 162 valence electrons. The van der Waals surface area contributed by atoms with Gasteiger partial charge in [0.15, 0.2) is 9.84 Å². The molecule has 0 amide bonds. The van der Waals surface area contributed by atoms with E-state index in [2.05, 4.69) is 5.32 Å². The maximum Gasteiger partial charge on any atom is 0.313 e. The first kappa shape index (κ1) is 22.7. The Morgan fingerprint density at radius 3 is 2.29 bits per heavy atom. The van der Waals surface area contributed by atoms with Crippen LogP contribution in [0.15, 0.2) is 71.6 Å². The third kappa shape index (κ3) is 6.04. The van der Waals surface area contributed by atoms with Gasteiger partial charge < -0.3 is 10.1 Å².